The Morgan fingerprint density at radius 3 is 3.04 bits per heavy atom. The Bertz CT molecular complexity index is 714. The summed E-state index contributed by atoms with van der Waals surface area (Å²) in [6.45, 7) is 2.51. The summed E-state index contributed by atoms with van der Waals surface area (Å²) >= 11 is 6.24. The third-order valence-corrected chi connectivity index (χ3v) is 4.74. The van der Waals surface area contributed by atoms with Gasteiger partial charge in [-0.05, 0) is 31.4 Å². The van der Waals surface area contributed by atoms with E-state index >= 15 is 0 Å². The minimum absolute atomic E-state index is 0.0467. The summed E-state index contributed by atoms with van der Waals surface area (Å²) in [5.74, 6) is -0.130. The summed E-state index contributed by atoms with van der Waals surface area (Å²) in [6, 6.07) is 5.56. The maximum atomic E-state index is 12.5. The number of amides is 1. The zero-order valence-corrected chi connectivity index (χ0v) is 14.0. The van der Waals surface area contributed by atoms with Crippen molar-refractivity contribution in [2.75, 3.05) is 6.61 Å². The van der Waals surface area contributed by atoms with Gasteiger partial charge in [-0.15, -0.1) is 0 Å². The highest BCUT2D eigenvalue weighted by molar-refractivity contribution is 6.34. The number of nitrogens with one attached hydrogen (secondary N) is 1. The number of rotatable bonds is 3. The standard InChI is InChI=1S/C17H20ClN3O2/c1-11-4-3-5-13(16(11)18)17(22)20-12-6-7-23-15(8-12)14-9-19-10-21(14)2/h3-5,9-10,12,15H,6-8H2,1-2H3,(H,20,22)/t12-,15-/m0/s1. The van der Waals surface area contributed by atoms with Crippen molar-refractivity contribution in [2.24, 2.45) is 7.05 Å². The number of ether oxygens (including phenoxy) is 1. The number of aromatic nitrogens is 2. The lowest BCUT2D eigenvalue weighted by atomic mass is 10.0. The smallest absolute Gasteiger partial charge is 0.253 e. The van der Waals surface area contributed by atoms with Gasteiger partial charge in [0.1, 0.15) is 6.10 Å². The van der Waals surface area contributed by atoms with Crippen LogP contribution >= 0.6 is 11.6 Å². The Hall–Kier alpha value is -1.85. The second kappa shape index (κ2) is 6.72. The maximum Gasteiger partial charge on any atom is 0.253 e. The molecule has 6 heteroatoms. The first-order valence-corrected chi connectivity index (χ1v) is 8.08. The fourth-order valence-corrected chi connectivity index (χ4v) is 3.11. The number of hydrogen-bond acceptors (Lipinski definition) is 3. The van der Waals surface area contributed by atoms with E-state index in [2.05, 4.69) is 10.3 Å². The Morgan fingerprint density at radius 1 is 1.48 bits per heavy atom. The van der Waals surface area contributed by atoms with Gasteiger partial charge < -0.3 is 14.6 Å². The Morgan fingerprint density at radius 2 is 2.30 bits per heavy atom. The van der Waals surface area contributed by atoms with E-state index in [9.17, 15) is 4.79 Å². The molecule has 0 spiro atoms. The van der Waals surface area contributed by atoms with Crippen molar-refractivity contribution in [1.82, 2.24) is 14.9 Å². The lowest BCUT2D eigenvalue weighted by Gasteiger charge is -2.30. The molecule has 1 aliphatic rings. The normalized spacial score (nSPS) is 21.2. The van der Waals surface area contributed by atoms with Gasteiger partial charge in [0.15, 0.2) is 0 Å². The zero-order valence-electron chi connectivity index (χ0n) is 13.3. The summed E-state index contributed by atoms with van der Waals surface area (Å²) in [4.78, 5) is 16.6. The molecule has 3 rings (SSSR count). The molecule has 1 amide bonds. The van der Waals surface area contributed by atoms with Crippen LogP contribution < -0.4 is 5.32 Å². The van der Waals surface area contributed by atoms with Crippen LogP contribution in [0.25, 0.3) is 0 Å². The monoisotopic (exact) mass is 333 g/mol. The molecule has 2 atom stereocenters. The Balaban J connectivity index is 1.69. The molecule has 1 aliphatic heterocycles. The zero-order chi connectivity index (χ0) is 16.4. The number of halogens is 1. The van der Waals surface area contributed by atoms with E-state index in [0.29, 0.717) is 17.2 Å². The van der Waals surface area contributed by atoms with Crippen LogP contribution in [0.15, 0.2) is 30.7 Å². The van der Waals surface area contributed by atoms with Gasteiger partial charge in [-0.25, -0.2) is 4.98 Å². The second-order valence-corrected chi connectivity index (χ2v) is 6.30. The minimum Gasteiger partial charge on any atom is -0.372 e. The van der Waals surface area contributed by atoms with Crippen LogP contribution in [-0.2, 0) is 11.8 Å². The van der Waals surface area contributed by atoms with Gasteiger partial charge in [-0.3, -0.25) is 4.79 Å². The number of aryl methyl sites for hydroxylation is 2. The number of carbonyl (C=O) groups excluding carboxylic acids is 1. The van der Waals surface area contributed by atoms with E-state index in [4.69, 9.17) is 16.3 Å². The highest BCUT2D eigenvalue weighted by Crippen LogP contribution is 2.28. The molecule has 0 saturated carbocycles. The van der Waals surface area contributed by atoms with E-state index in [1.54, 1.807) is 12.4 Å². The molecular formula is C17H20ClN3O2. The largest absolute Gasteiger partial charge is 0.372 e. The quantitative estimate of drug-likeness (QED) is 0.939. The third kappa shape index (κ3) is 3.41. The van der Waals surface area contributed by atoms with Crippen molar-refractivity contribution in [1.29, 1.82) is 0 Å². The van der Waals surface area contributed by atoms with Crippen molar-refractivity contribution >= 4 is 17.5 Å². The molecule has 2 heterocycles. The average Bonchev–Trinajstić information content (AvgIpc) is 2.96. The molecule has 1 fully saturated rings. The van der Waals surface area contributed by atoms with E-state index in [1.165, 1.54) is 0 Å². The van der Waals surface area contributed by atoms with Crippen LogP contribution in [0.1, 0.15) is 40.6 Å². The van der Waals surface area contributed by atoms with Crippen molar-refractivity contribution in [3.8, 4) is 0 Å². The molecule has 1 N–H and O–H groups in total. The first-order valence-electron chi connectivity index (χ1n) is 7.70. The van der Waals surface area contributed by atoms with Crippen LogP contribution in [0.2, 0.25) is 5.02 Å². The van der Waals surface area contributed by atoms with E-state index in [0.717, 1.165) is 24.1 Å². The molecule has 23 heavy (non-hydrogen) atoms. The van der Waals surface area contributed by atoms with E-state index < -0.39 is 0 Å². The topological polar surface area (TPSA) is 56.1 Å². The van der Waals surface area contributed by atoms with Gasteiger partial charge in [0.25, 0.3) is 5.91 Å². The van der Waals surface area contributed by atoms with Crippen LogP contribution in [0, 0.1) is 6.92 Å². The summed E-state index contributed by atoms with van der Waals surface area (Å²) in [7, 11) is 1.94. The SMILES string of the molecule is Cc1cccc(C(=O)N[C@H]2CCO[C@H](c3cncn3C)C2)c1Cl. The first kappa shape index (κ1) is 16.0. The summed E-state index contributed by atoms with van der Waals surface area (Å²) in [5, 5.41) is 3.60. The van der Waals surface area contributed by atoms with Gasteiger partial charge in [-0.1, -0.05) is 23.7 Å². The molecule has 0 bridgehead atoms. The molecule has 1 aromatic carbocycles. The molecule has 5 nitrogen and oxygen atoms in total. The second-order valence-electron chi connectivity index (χ2n) is 5.92. The molecule has 2 aromatic rings. The molecule has 122 valence electrons. The van der Waals surface area contributed by atoms with Gasteiger partial charge in [0, 0.05) is 19.7 Å². The van der Waals surface area contributed by atoms with Gasteiger partial charge in [0.05, 0.1) is 28.8 Å². The average molecular weight is 334 g/mol. The third-order valence-electron chi connectivity index (χ3n) is 4.24. The number of hydrogen-bond donors (Lipinski definition) is 1. The lowest BCUT2D eigenvalue weighted by molar-refractivity contribution is -0.00301. The maximum absolute atomic E-state index is 12.5. The summed E-state index contributed by atoms with van der Waals surface area (Å²) < 4.78 is 7.78. The summed E-state index contributed by atoms with van der Waals surface area (Å²) in [6.07, 6.45) is 5.05. The molecule has 1 aromatic heterocycles. The Kier molecular flexibility index (Phi) is 4.68. The minimum atomic E-state index is -0.130. The molecule has 0 radical (unpaired) electrons. The van der Waals surface area contributed by atoms with E-state index in [-0.39, 0.29) is 18.1 Å². The van der Waals surface area contributed by atoms with Gasteiger partial charge >= 0.3 is 0 Å². The van der Waals surface area contributed by atoms with Crippen LogP contribution in [0.4, 0.5) is 0 Å². The first-order chi connectivity index (χ1) is 11.1. The number of nitrogens with zero attached hydrogens (tertiary/aromatic N) is 2. The molecular weight excluding hydrogens is 314 g/mol. The predicted molar refractivity (Wildman–Crippen MR) is 88.6 cm³/mol. The number of benzene rings is 1. The van der Waals surface area contributed by atoms with Crippen molar-refractivity contribution in [3.05, 3.63) is 52.6 Å². The molecule has 1 saturated heterocycles. The van der Waals surface area contributed by atoms with Crippen molar-refractivity contribution in [3.63, 3.8) is 0 Å². The number of carbonyl (C=O) groups is 1. The van der Waals surface area contributed by atoms with Gasteiger partial charge in [-0.2, -0.15) is 0 Å². The highest BCUT2D eigenvalue weighted by atomic mass is 35.5. The van der Waals surface area contributed by atoms with Gasteiger partial charge in [0.2, 0.25) is 0 Å². The predicted octanol–water partition coefficient (Wildman–Crippen LogP) is 3.03. The van der Waals surface area contributed by atoms with Crippen molar-refractivity contribution in [2.45, 2.75) is 31.9 Å². The highest BCUT2D eigenvalue weighted by Gasteiger charge is 2.27. The Labute approximate surface area is 140 Å². The lowest BCUT2D eigenvalue weighted by Crippen LogP contribution is -2.40. The van der Waals surface area contributed by atoms with Crippen LogP contribution in [-0.4, -0.2) is 28.1 Å². The number of imidazole rings is 1. The van der Waals surface area contributed by atoms with Crippen LogP contribution in [0.3, 0.4) is 0 Å². The summed E-state index contributed by atoms with van der Waals surface area (Å²) in [5.41, 5.74) is 2.45. The molecule has 0 aliphatic carbocycles. The fourth-order valence-electron chi connectivity index (χ4n) is 2.90. The van der Waals surface area contributed by atoms with E-state index in [1.807, 2.05) is 36.9 Å². The van der Waals surface area contributed by atoms with Crippen molar-refractivity contribution < 1.29 is 9.53 Å². The fraction of sp³-hybridized carbons (Fsp3) is 0.412. The van der Waals surface area contributed by atoms with Crippen LogP contribution in [0.5, 0.6) is 0 Å². The molecule has 0 unspecified atom stereocenters.